The van der Waals surface area contributed by atoms with Crippen LogP contribution in [0.1, 0.15) is 72.4 Å². The lowest BCUT2D eigenvalue weighted by molar-refractivity contribution is 0.0923. The Morgan fingerprint density at radius 1 is 1.29 bits per heavy atom. The number of carbonyl (C=O) groups is 2. The molecule has 1 atom stereocenters. The first-order chi connectivity index (χ1) is 13.5. The number of nitrogens with zero attached hydrogens (tertiary/aromatic N) is 3. The minimum absolute atomic E-state index is 0.0719. The van der Waals surface area contributed by atoms with E-state index in [0.29, 0.717) is 18.1 Å². The van der Waals surface area contributed by atoms with Crippen molar-refractivity contribution in [1.82, 2.24) is 14.9 Å². The second-order valence-electron chi connectivity index (χ2n) is 7.51. The van der Waals surface area contributed by atoms with Crippen molar-refractivity contribution in [1.29, 1.82) is 0 Å². The first-order valence-electron chi connectivity index (χ1n) is 10.2. The van der Waals surface area contributed by atoms with Gasteiger partial charge in [-0.05, 0) is 64.2 Å². The quantitative estimate of drug-likeness (QED) is 0.828. The SMILES string of the molecule is CCC(C)NC(=O)c1nc(C(=O)N(CC)c2cccc(C)c2)c2n1CCCC2. The number of amides is 2. The van der Waals surface area contributed by atoms with Gasteiger partial charge in [-0.1, -0.05) is 19.1 Å². The largest absolute Gasteiger partial charge is 0.347 e. The fourth-order valence-electron chi connectivity index (χ4n) is 3.65. The van der Waals surface area contributed by atoms with Crippen molar-refractivity contribution in [2.75, 3.05) is 11.4 Å². The molecule has 150 valence electrons. The molecule has 0 saturated heterocycles. The van der Waals surface area contributed by atoms with E-state index in [9.17, 15) is 9.59 Å². The van der Waals surface area contributed by atoms with E-state index in [1.54, 1.807) is 4.90 Å². The highest BCUT2D eigenvalue weighted by molar-refractivity contribution is 6.06. The molecular formula is C22H30N4O2. The summed E-state index contributed by atoms with van der Waals surface area (Å²) in [6.45, 7) is 9.25. The number of rotatable bonds is 6. The van der Waals surface area contributed by atoms with E-state index >= 15 is 0 Å². The average molecular weight is 383 g/mol. The monoisotopic (exact) mass is 382 g/mol. The van der Waals surface area contributed by atoms with Crippen LogP contribution in [0.4, 0.5) is 5.69 Å². The number of aryl methyl sites for hydroxylation is 1. The number of anilines is 1. The van der Waals surface area contributed by atoms with Gasteiger partial charge in [-0.25, -0.2) is 4.98 Å². The van der Waals surface area contributed by atoms with Crippen LogP contribution in [-0.2, 0) is 13.0 Å². The summed E-state index contributed by atoms with van der Waals surface area (Å²) in [5, 5.41) is 2.98. The molecule has 1 N–H and O–H groups in total. The maximum absolute atomic E-state index is 13.4. The van der Waals surface area contributed by atoms with Gasteiger partial charge in [0.15, 0.2) is 11.5 Å². The molecule has 0 aliphatic carbocycles. The van der Waals surface area contributed by atoms with Gasteiger partial charge in [-0.2, -0.15) is 0 Å². The lowest BCUT2D eigenvalue weighted by Gasteiger charge is -2.22. The maximum atomic E-state index is 13.4. The van der Waals surface area contributed by atoms with Crippen LogP contribution in [0.5, 0.6) is 0 Å². The molecule has 28 heavy (non-hydrogen) atoms. The van der Waals surface area contributed by atoms with Crippen molar-refractivity contribution in [3.63, 3.8) is 0 Å². The van der Waals surface area contributed by atoms with Crippen molar-refractivity contribution in [3.8, 4) is 0 Å². The van der Waals surface area contributed by atoms with Gasteiger partial charge in [0.05, 0.1) is 5.69 Å². The van der Waals surface area contributed by atoms with Crippen LogP contribution in [0, 0.1) is 6.92 Å². The van der Waals surface area contributed by atoms with E-state index in [1.807, 2.05) is 56.5 Å². The fraction of sp³-hybridized carbons (Fsp3) is 0.500. The van der Waals surface area contributed by atoms with Crippen LogP contribution in [0.15, 0.2) is 24.3 Å². The molecule has 6 nitrogen and oxygen atoms in total. The molecular weight excluding hydrogens is 352 g/mol. The predicted octanol–water partition coefficient (Wildman–Crippen LogP) is 3.72. The lowest BCUT2D eigenvalue weighted by Crippen LogP contribution is -2.34. The Kier molecular flexibility index (Phi) is 6.17. The zero-order valence-electron chi connectivity index (χ0n) is 17.3. The first-order valence-corrected chi connectivity index (χ1v) is 10.2. The molecule has 1 aliphatic rings. The molecule has 1 aromatic heterocycles. The number of nitrogens with one attached hydrogen (secondary N) is 1. The molecule has 1 unspecified atom stereocenters. The Hall–Kier alpha value is -2.63. The van der Waals surface area contributed by atoms with Gasteiger partial charge >= 0.3 is 0 Å². The third-order valence-electron chi connectivity index (χ3n) is 5.39. The van der Waals surface area contributed by atoms with Crippen molar-refractivity contribution >= 4 is 17.5 Å². The highest BCUT2D eigenvalue weighted by Crippen LogP contribution is 2.25. The molecule has 0 spiro atoms. The molecule has 0 bridgehead atoms. The number of aromatic nitrogens is 2. The van der Waals surface area contributed by atoms with Gasteiger partial charge in [0.2, 0.25) is 0 Å². The second kappa shape index (κ2) is 8.59. The van der Waals surface area contributed by atoms with E-state index in [-0.39, 0.29) is 17.9 Å². The highest BCUT2D eigenvalue weighted by Gasteiger charge is 2.30. The van der Waals surface area contributed by atoms with Crippen LogP contribution < -0.4 is 10.2 Å². The van der Waals surface area contributed by atoms with Crippen LogP contribution >= 0.6 is 0 Å². The molecule has 6 heteroatoms. The summed E-state index contributed by atoms with van der Waals surface area (Å²) in [4.78, 5) is 32.4. The molecule has 3 rings (SSSR count). The van der Waals surface area contributed by atoms with E-state index in [4.69, 9.17) is 0 Å². The predicted molar refractivity (Wildman–Crippen MR) is 111 cm³/mol. The Morgan fingerprint density at radius 3 is 2.75 bits per heavy atom. The van der Waals surface area contributed by atoms with Gasteiger partial charge < -0.3 is 14.8 Å². The van der Waals surface area contributed by atoms with Crippen LogP contribution in [0.2, 0.25) is 0 Å². The number of hydrogen-bond acceptors (Lipinski definition) is 3. The van der Waals surface area contributed by atoms with Crippen molar-refractivity contribution in [2.45, 2.75) is 66.0 Å². The Labute approximate surface area is 166 Å². The molecule has 2 amide bonds. The van der Waals surface area contributed by atoms with Gasteiger partial charge in [-0.3, -0.25) is 9.59 Å². The van der Waals surface area contributed by atoms with Gasteiger partial charge in [0.1, 0.15) is 0 Å². The standard InChI is InChI=1S/C22H30N4O2/c1-5-16(4)23-21(27)20-24-19(18-12-7-8-13-26(18)20)22(28)25(6-2)17-11-9-10-15(3)14-17/h9-11,14,16H,5-8,12-13H2,1-4H3,(H,23,27). The minimum atomic E-state index is -0.199. The van der Waals surface area contributed by atoms with E-state index in [1.165, 1.54) is 0 Å². The first kappa shape index (κ1) is 20.1. The van der Waals surface area contributed by atoms with Crippen molar-refractivity contribution in [3.05, 3.63) is 47.0 Å². The number of fused-ring (bicyclic) bond motifs is 1. The molecule has 2 heterocycles. The zero-order valence-corrected chi connectivity index (χ0v) is 17.3. The summed E-state index contributed by atoms with van der Waals surface area (Å²) in [7, 11) is 0. The molecule has 0 saturated carbocycles. The van der Waals surface area contributed by atoms with Crippen molar-refractivity contribution < 1.29 is 9.59 Å². The molecule has 0 radical (unpaired) electrons. The highest BCUT2D eigenvalue weighted by atomic mass is 16.2. The van der Waals surface area contributed by atoms with Crippen LogP contribution in [-0.4, -0.2) is 34.0 Å². The lowest BCUT2D eigenvalue weighted by atomic mass is 10.1. The number of benzene rings is 1. The summed E-state index contributed by atoms with van der Waals surface area (Å²) >= 11 is 0. The molecule has 1 aromatic carbocycles. The Bertz CT molecular complexity index is 871. The molecule has 2 aromatic rings. The third-order valence-corrected chi connectivity index (χ3v) is 5.39. The summed E-state index contributed by atoms with van der Waals surface area (Å²) in [6.07, 6.45) is 3.63. The van der Waals surface area contributed by atoms with Crippen molar-refractivity contribution in [2.24, 2.45) is 0 Å². The number of imidazole rings is 1. The number of carbonyl (C=O) groups excluding carboxylic acids is 2. The summed E-state index contributed by atoms with van der Waals surface area (Å²) < 4.78 is 1.94. The Morgan fingerprint density at radius 2 is 2.07 bits per heavy atom. The number of hydrogen-bond donors (Lipinski definition) is 1. The van der Waals surface area contributed by atoms with E-state index in [2.05, 4.69) is 10.3 Å². The topological polar surface area (TPSA) is 67.2 Å². The maximum Gasteiger partial charge on any atom is 0.287 e. The third kappa shape index (κ3) is 3.96. The summed E-state index contributed by atoms with van der Waals surface area (Å²) in [5.74, 6) is 0.0233. The summed E-state index contributed by atoms with van der Waals surface area (Å²) in [5.41, 5.74) is 3.26. The smallest absolute Gasteiger partial charge is 0.287 e. The minimum Gasteiger partial charge on any atom is -0.347 e. The van der Waals surface area contributed by atoms with E-state index in [0.717, 1.165) is 49.2 Å². The van der Waals surface area contributed by atoms with Crippen LogP contribution in [0.25, 0.3) is 0 Å². The van der Waals surface area contributed by atoms with Gasteiger partial charge in [0, 0.05) is 24.8 Å². The zero-order chi connectivity index (χ0) is 20.3. The Balaban J connectivity index is 1.99. The summed E-state index contributed by atoms with van der Waals surface area (Å²) in [6, 6.07) is 7.97. The molecule has 1 aliphatic heterocycles. The normalized spacial score (nSPS) is 14.3. The molecule has 0 fully saturated rings. The van der Waals surface area contributed by atoms with Gasteiger partial charge in [-0.15, -0.1) is 0 Å². The average Bonchev–Trinajstić information content (AvgIpc) is 3.08. The van der Waals surface area contributed by atoms with Crippen LogP contribution in [0.3, 0.4) is 0 Å². The van der Waals surface area contributed by atoms with E-state index < -0.39 is 0 Å². The van der Waals surface area contributed by atoms with Gasteiger partial charge in [0.25, 0.3) is 11.8 Å². The fourth-order valence-corrected chi connectivity index (χ4v) is 3.65. The second-order valence-corrected chi connectivity index (χ2v) is 7.51.